The lowest BCUT2D eigenvalue weighted by atomic mass is 9.89. The van der Waals surface area contributed by atoms with Gasteiger partial charge in [-0.2, -0.15) is 0 Å². The Kier molecular flexibility index (Phi) is 2.02. The molecule has 0 aliphatic heterocycles. The zero-order valence-corrected chi connectivity index (χ0v) is 7.34. The highest BCUT2D eigenvalue weighted by Crippen LogP contribution is 2.46. The van der Waals surface area contributed by atoms with Gasteiger partial charge >= 0.3 is 0 Å². The van der Waals surface area contributed by atoms with Crippen molar-refractivity contribution in [3.63, 3.8) is 0 Å². The van der Waals surface area contributed by atoms with Crippen molar-refractivity contribution < 1.29 is 0 Å². The van der Waals surface area contributed by atoms with Crippen LogP contribution in [-0.4, -0.2) is 0 Å². The topological polar surface area (TPSA) is 0 Å². The molecule has 0 aromatic rings. The second-order valence-corrected chi connectivity index (χ2v) is 3.99. The molecular formula is C11H17. The Bertz CT molecular complexity index is 157. The highest BCUT2D eigenvalue weighted by molar-refractivity contribution is 5.26. The molecule has 2 bridgehead atoms. The van der Waals surface area contributed by atoms with Crippen molar-refractivity contribution in [2.24, 2.45) is 11.8 Å². The average Bonchev–Trinajstić information content (AvgIpc) is 2.60. The van der Waals surface area contributed by atoms with Crippen LogP contribution in [0.3, 0.4) is 0 Å². The van der Waals surface area contributed by atoms with E-state index in [0.717, 1.165) is 11.8 Å². The van der Waals surface area contributed by atoms with E-state index in [4.69, 9.17) is 0 Å². The summed E-state index contributed by atoms with van der Waals surface area (Å²) in [7, 11) is 0. The summed E-state index contributed by atoms with van der Waals surface area (Å²) in [5, 5.41) is 0. The molecular weight excluding hydrogens is 132 g/mol. The number of hydrogen-bond donors (Lipinski definition) is 0. The predicted molar refractivity (Wildman–Crippen MR) is 48.1 cm³/mol. The maximum atomic E-state index is 2.43. The lowest BCUT2D eigenvalue weighted by Gasteiger charge is -2.16. The van der Waals surface area contributed by atoms with E-state index in [-0.39, 0.29) is 0 Å². The molecule has 0 aromatic heterocycles. The first kappa shape index (κ1) is 7.39. The third-order valence-corrected chi connectivity index (χ3v) is 3.14. The van der Waals surface area contributed by atoms with Crippen LogP contribution in [0.4, 0.5) is 0 Å². The van der Waals surface area contributed by atoms with Crippen LogP contribution in [0.25, 0.3) is 0 Å². The van der Waals surface area contributed by atoms with Gasteiger partial charge < -0.3 is 0 Å². The van der Waals surface area contributed by atoms with Crippen molar-refractivity contribution in [2.75, 3.05) is 0 Å². The van der Waals surface area contributed by atoms with Crippen LogP contribution in [0.15, 0.2) is 12.2 Å². The molecule has 1 saturated carbocycles. The van der Waals surface area contributed by atoms with Crippen LogP contribution in [0.1, 0.15) is 39.0 Å². The third kappa shape index (κ3) is 1.36. The Morgan fingerprint density at radius 2 is 2.36 bits per heavy atom. The molecule has 2 aliphatic rings. The molecule has 0 heterocycles. The molecule has 0 heteroatoms. The van der Waals surface area contributed by atoms with E-state index in [0.29, 0.717) is 0 Å². The van der Waals surface area contributed by atoms with Gasteiger partial charge in [0, 0.05) is 0 Å². The molecule has 0 amide bonds. The minimum atomic E-state index is 0.941. The Morgan fingerprint density at radius 1 is 1.45 bits per heavy atom. The number of rotatable bonds is 3. The van der Waals surface area contributed by atoms with Crippen LogP contribution in [-0.2, 0) is 0 Å². The molecule has 61 valence electrons. The predicted octanol–water partition coefficient (Wildman–Crippen LogP) is 3.35. The first-order valence-corrected chi connectivity index (χ1v) is 4.93. The molecule has 0 spiro atoms. The summed E-state index contributed by atoms with van der Waals surface area (Å²) in [5.74, 6) is 3.68. The second kappa shape index (κ2) is 3.00. The molecule has 2 unspecified atom stereocenters. The van der Waals surface area contributed by atoms with Crippen molar-refractivity contribution in [3.05, 3.63) is 18.1 Å². The normalized spacial score (nSPS) is 35.4. The van der Waals surface area contributed by atoms with Gasteiger partial charge in [-0.05, 0) is 37.0 Å². The summed E-state index contributed by atoms with van der Waals surface area (Å²) < 4.78 is 0. The Morgan fingerprint density at radius 3 is 2.91 bits per heavy atom. The number of hydrogen-bond acceptors (Lipinski definition) is 0. The number of unbranched alkanes of at least 4 members (excludes halogenated alkanes) is 1. The maximum Gasteiger partial charge on any atom is -0.00184 e. The van der Waals surface area contributed by atoms with E-state index in [2.05, 4.69) is 19.1 Å². The van der Waals surface area contributed by atoms with E-state index >= 15 is 0 Å². The van der Waals surface area contributed by atoms with Crippen LogP contribution >= 0.6 is 0 Å². The van der Waals surface area contributed by atoms with Crippen LogP contribution in [0.5, 0.6) is 0 Å². The van der Waals surface area contributed by atoms with Gasteiger partial charge in [-0.3, -0.25) is 0 Å². The third-order valence-electron chi connectivity index (χ3n) is 3.14. The average molecular weight is 149 g/mol. The Balaban J connectivity index is 1.84. The summed E-state index contributed by atoms with van der Waals surface area (Å²) >= 11 is 0. The molecule has 0 saturated heterocycles. The van der Waals surface area contributed by atoms with Gasteiger partial charge in [-0.1, -0.05) is 31.9 Å². The molecule has 0 aromatic carbocycles. The summed E-state index contributed by atoms with van der Waals surface area (Å²) in [6.45, 7) is 2.29. The molecule has 2 atom stereocenters. The van der Waals surface area contributed by atoms with E-state index in [1.807, 2.05) is 0 Å². The zero-order chi connectivity index (χ0) is 7.68. The first-order valence-electron chi connectivity index (χ1n) is 4.93. The largest absolute Gasteiger partial charge is 0.0845 e. The standard InChI is InChI=1S/C11H17/c1-2-3-4-10-7-9-5-6-11(10)8-9/h5-6,10-11H,2-4,7-8H2,1H3. The monoisotopic (exact) mass is 149 g/mol. The number of allylic oxidation sites excluding steroid dienone is 2. The lowest BCUT2D eigenvalue weighted by Crippen LogP contribution is -2.05. The highest BCUT2D eigenvalue weighted by Gasteiger charge is 2.34. The summed E-state index contributed by atoms with van der Waals surface area (Å²) in [6.07, 6.45) is 11.9. The SMILES string of the molecule is CCCCC1C[C]2C=CC1C2. The fraction of sp³-hybridized carbons (Fsp3) is 0.727. The molecule has 0 nitrogen and oxygen atoms in total. The van der Waals surface area contributed by atoms with Crippen molar-refractivity contribution in [2.45, 2.75) is 39.0 Å². The highest BCUT2D eigenvalue weighted by atomic mass is 14.4. The van der Waals surface area contributed by atoms with Gasteiger partial charge in [0.1, 0.15) is 0 Å². The minimum Gasteiger partial charge on any atom is -0.0845 e. The summed E-state index contributed by atoms with van der Waals surface area (Å²) in [5.41, 5.74) is 0. The van der Waals surface area contributed by atoms with E-state index in [1.54, 1.807) is 5.92 Å². The van der Waals surface area contributed by atoms with Crippen molar-refractivity contribution >= 4 is 0 Å². The summed E-state index contributed by atoms with van der Waals surface area (Å²) in [4.78, 5) is 0. The second-order valence-electron chi connectivity index (χ2n) is 3.99. The molecule has 1 fully saturated rings. The van der Waals surface area contributed by atoms with Crippen molar-refractivity contribution in [1.29, 1.82) is 0 Å². The van der Waals surface area contributed by atoms with Gasteiger partial charge in [0.15, 0.2) is 0 Å². The van der Waals surface area contributed by atoms with Crippen LogP contribution in [0.2, 0.25) is 0 Å². The van der Waals surface area contributed by atoms with E-state index in [9.17, 15) is 0 Å². The Hall–Kier alpha value is -0.260. The van der Waals surface area contributed by atoms with Gasteiger partial charge in [-0.25, -0.2) is 0 Å². The van der Waals surface area contributed by atoms with E-state index < -0.39 is 0 Å². The molecule has 2 aliphatic carbocycles. The smallest absolute Gasteiger partial charge is 0.00184 e. The quantitative estimate of drug-likeness (QED) is 0.577. The Labute approximate surface area is 69.7 Å². The molecule has 0 N–H and O–H groups in total. The van der Waals surface area contributed by atoms with Crippen molar-refractivity contribution in [3.8, 4) is 0 Å². The fourth-order valence-electron chi connectivity index (χ4n) is 2.44. The van der Waals surface area contributed by atoms with Crippen LogP contribution in [0, 0.1) is 17.8 Å². The summed E-state index contributed by atoms with van der Waals surface area (Å²) in [6, 6.07) is 0. The molecule has 2 rings (SSSR count). The first-order chi connectivity index (χ1) is 5.40. The van der Waals surface area contributed by atoms with Gasteiger partial charge in [0.25, 0.3) is 0 Å². The van der Waals surface area contributed by atoms with Gasteiger partial charge in [0.05, 0.1) is 0 Å². The van der Waals surface area contributed by atoms with Gasteiger partial charge in [-0.15, -0.1) is 0 Å². The van der Waals surface area contributed by atoms with Gasteiger partial charge in [0.2, 0.25) is 0 Å². The van der Waals surface area contributed by atoms with Crippen LogP contribution < -0.4 is 0 Å². The maximum absolute atomic E-state index is 2.43. The molecule has 11 heavy (non-hydrogen) atoms. The molecule has 1 radical (unpaired) electrons. The lowest BCUT2D eigenvalue weighted by molar-refractivity contribution is 0.409. The van der Waals surface area contributed by atoms with Crippen molar-refractivity contribution in [1.82, 2.24) is 0 Å². The zero-order valence-electron chi connectivity index (χ0n) is 7.34. The number of fused-ring (bicyclic) bond motifs is 2. The minimum absolute atomic E-state index is 0.941. The van der Waals surface area contributed by atoms with E-state index in [1.165, 1.54) is 32.1 Å². The fourth-order valence-corrected chi connectivity index (χ4v) is 2.44.